The number of aromatic carboxylic acids is 1. The van der Waals surface area contributed by atoms with E-state index >= 15 is 0 Å². The first-order valence-corrected chi connectivity index (χ1v) is 7.82. The lowest BCUT2D eigenvalue weighted by atomic mass is 9.98. The topological polar surface area (TPSA) is 79.3 Å². The van der Waals surface area contributed by atoms with Crippen LogP contribution in [0.5, 0.6) is 0 Å². The lowest BCUT2D eigenvalue weighted by Crippen LogP contribution is -2.43. The highest BCUT2D eigenvalue weighted by molar-refractivity contribution is 7.09. The molecule has 22 heavy (non-hydrogen) atoms. The number of rotatable bonds is 5. The molecule has 0 fully saturated rings. The highest BCUT2D eigenvalue weighted by atomic mass is 32.1. The standard InChI is InChI=1S/C16H18N2O3S/c1-4-16(3,15-17-10(2)9-22-15)18-13(19)11-6-5-7-12(8-11)14(20)21/h5-9H,4H2,1-3H3,(H,18,19)(H,20,21)/t16-/m1/s1. The third-order valence-electron chi connectivity index (χ3n) is 3.56. The smallest absolute Gasteiger partial charge is 0.335 e. The fraction of sp³-hybridized carbons (Fsp3) is 0.312. The van der Waals surface area contributed by atoms with Gasteiger partial charge in [0.2, 0.25) is 0 Å². The lowest BCUT2D eigenvalue weighted by Gasteiger charge is -2.27. The van der Waals surface area contributed by atoms with E-state index < -0.39 is 11.5 Å². The molecule has 0 aliphatic heterocycles. The minimum atomic E-state index is -1.05. The van der Waals surface area contributed by atoms with Gasteiger partial charge in [-0.05, 0) is 38.5 Å². The van der Waals surface area contributed by atoms with Crippen molar-refractivity contribution in [1.82, 2.24) is 10.3 Å². The third kappa shape index (κ3) is 3.33. The maximum Gasteiger partial charge on any atom is 0.335 e. The van der Waals surface area contributed by atoms with Crippen molar-refractivity contribution in [3.05, 3.63) is 51.5 Å². The fourth-order valence-electron chi connectivity index (χ4n) is 2.02. The highest BCUT2D eigenvalue weighted by Gasteiger charge is 2.30. The van der Waals surface area contributed by atoms with Crippen molar-refractivity contribution in [3.63, 3.8) is 0 Å². The van der Waals surface area contributed by atoms with Crippen LogP contribution in [0.1, 0.15) is 51.7 Å². The van der Waals surface area contributed by atoms with E-state index in [9.17, 15) is 9.59 Å². The van der Waals surface area contributed by atoms with Gasteiger partial charge in [0, 0.05) is 16.6 Å². The molecule has 2 rings (SSSR count). The van der Waals surface area contributed by atoms with Crippen LogP contribution in [0.2, 0.25) is 0 Å². The molecule has 0 aliphatic carbocycles. The van der Waals surface area contributed by atoms with Crippen LogP contribution >= 0.6 is 11.3 Å². The molecule has 1 aromatic heterocycles. The highest BCUT2D eigenvalue weighted by Crippen LogP contribution is 2.28. The normalized spacial score (nSPS) is 13.4. The van der Waals surface area contributed by atoms with E-state index in [0.717, 1.165) is 10.7 Å². The van der Waals surface area contributed by atoms with Crippen LogP contribution in [0.4, 0.5) is 0 Å². The number of carboxylic acids is 1. The van der Waals surface area contributed by atoms with E-state index in [2.05, 4.69) is 10.3 Å². The molecule has 0 bridgehead atoms. The summed E-state index contributed by atoms with van der Waals surface area (Å²) in [5.74, 6) is -1.36. The van der Waals surface area contributed by atoms with Crippen LogP contribution in [0.25, 0.3) is 0 Å². The summed E-state index contributed by atoms with van der Waals surface area (Å²) < 4.78 is 0. The largest absolute Gasteiger partial charge is 0.478 e. The Morgan fingerprint density at radius 1 is 1.36 bits per heavy atom. The van der Waals surface area contributed by atoms with Gasteiger partial charge in [-0.1, -0.05) is 13.0 Å². The molecule has 2 N–H and O–H groups in total. The molecule has 1 aromatic carbocycles. The van der Waals surface area contributed by atoms with Crippen molar-refractivity contribution in [2.45, 2.75) is 32.7 Å². The maximum atomic E-state index is 12.4. The predicted molar refractivity (Wildman–Crippen MR) is 85.4 cm³/mol. The zero-order chi connectivity index (χ0) is 16.3. The van der Waals surface area contributed by atoms with Crippen molar-refractivity contribution in [2.75, 3.05) is 0 Å². The van der Waals surface area contributed by atoms with Crippen molar-refractivity contribution in [3.8, 4) is 0 Å². The van der Waals surface area contributed by atoms with Gasteiger partial charge in [0.25, 0.3) is 5.91 Å². The van der Waals surface area contributed by atoms with E-state index in [1.165, 1.54) is 23.5 Å². The van der Waals surface area contributed by atoms with Crippen LogP contribution in [-0.4, -0.2) is 22.0 Å². The number of aromatic nitrogens is 1. The van der Waals surface area contributed by atoms with Crippen molar-refractivity contribution in [2.24, 2.45) is 0 Å². The van der Waals surface area contributed by atoms with Gasteiger partial charge in [0.05, 0.1) is 11.1 Å². The number of aryl methyl sites for hydroxylation is 1. The van der Waals surface area contributed by atoms with E-state index in [-0.39, 0.29) is 11.5 Å². The van der Waals surface area contributed by atoms with Gasteiger partial charge in [0.1, 0.15) is 5.01 Å². The summed E-state index contributed by atoms with van der Waals surface area (Å²) in [6.07, 6.45) is 0.685. The first kappa shape index (κ1) is 16.2. The number of amides is 1. The van der Waals surface area contributed by atoms with E-state index in [4.69, 9.17) is 5.11 Å². The van der Waals surface area contributed by atoms with Crippen molar-refractivity contribution >= 4 is 23.2 Å². The Labute approximate surface area is 133 Å². The summed E-state index contributed by atoms with van der Waals surface area (Å²) in [7, 11) is 0. The number of carboxylic acid groups (broad SMARTS) is 1. The number of nitrogens with one attached hydrogen (secondary N) is 1. The summed E-state index contributed by atoms with van der Waals surface area (Å²) in [6, 6.07) is 6.00. The number of carbonyl (C=O) groups excluding carboxylic acids is 1. The second-order valence-corrected chi connectivity index (χ2v) is 6.18. The molecular formula is C16H18N2O3S. The molecule has 6 heteroatoms. The lowest BCUT2D eigenvalue weighted by molar-refractivity contribution is 0.0697. The van der Waals surface area contributed by atoms with E-state index in [0.29, 0.717) is 12.0 Å². The molecule has 1 atom stereocenters. The summed E-state index contributed by atoms with van der Waals surface area (Å²) in [6.45, 7) is 5.81. The predicted octanol–water partition coefficient (Wildman–Crippen LogP) is 3.20. The van der Waals surface area contributed by atoms with Gasteiger partial charge >= 0.3 is 5.97 Å². The summed E-state index contributed by atoms with van der Waals surface area (Å²) in [5, 5.41) is 14.8. The van der Waals surface area contributed by atoms with Gasteiger partial charge in [-0.3, -0.25) is 4.79 Å². The van der Waals surface area contributed by atoms with Crippen molar-refractivity contribution < 1.29 is 14.7 Å². The first-order valence-electron chi connectivity index (χ1n) is 6.94. The van der Waals surface area contributed by atoms with Crippen molar-refractivity contribution in [1.29, 1.82) is 0 Å². The Morgan fingerprint density at radius 3 is 2.59 bits per heavy atom. The fourth-order valence-corrected chi connectivity index (χ4v) is 3.00. The number of hydrogen-bond acceptors (Lipinski definition) is 4. The minimum Gasteiger partial charge on any atom is -0.478 e. The Kier molecular flexibility index (Phi) is 4.61. The third-order valence-corrected chi connectivity index (χ3v) is 4.78. The Balaban J connectivity index is 2.26. The number of hydrogen-bond donors (Lipinski definition) is 2. The summed E-state index contributed by atoms with van der Waals surface area (Å²) in [5.41, 5.74) is 0.764. The number of thiazole rings is 1. The Morgan fingerprint density at radius 2 is 2.05 bits per heavy atom. The second kappa shape index (κ2) is 6.27. The monoisotopic (exact) mass is 318 g/mol. The van der Waals surface area contributed by atoms with Gasteiger partial charge in [-0.2, -0.15) is 0 Å². The van der Waals surface area contributed by atoms with Gasteiger partial charge in [-0.15, -0.1) is 11.3 Å². The Bertz CT molecular complexity index is 711. The van der Waals surface area contributed by atoms with Crippen LogP contribution in [-0.2, 0) is 5.54 Å². The van der Waals surface area contributed by atoms with Gasteiger partial charge in [0.15, 0.2) is 0 Å². The molecule has 1 amide bonds. The molecule has 116 valence electrons. The molecule has 2 aromatic rings. The molecule has 0 saturated heterocycles. The molecule has 0 spiro atoms. The zero-order valence-electron chi connectivity index (χ0n) is 12.7. The molecule has 0 saturated carbocycles. The molecule has 5 nitrogen and oxygen atoms in total. The maximum absolute atomic E-state index is 12.4. The summed E-state index contributed by atoms with van der Waals surface area (Å²) >= 11 is 1.51. The van der Waals surface area contributed by atoms with Crippen LogP contribution in [0.3, 0.4) is 0 Å². The second-order valence-electron chi connectivity index (χ2n) is 5.32. The molecule has 0 aliphatic rings. The van der Waals surface area contributed by atoms with E-state index in [1.807, 2.05) is 26.2 Å². The Hall–Kier alpha value is -2.21. The summed E-state index contributed by atoms with van der Waals surface area (Å²) in [4.78, 5) is 27.9. The number of benzene rings is 1. The molecule has 1 heterocycles. The first-order chi connectivity index (χ1) is 10.4. The average Bonchev–Trinajstić information content (AvgIpc) is 2.94. The SMILES string of the molecule is CC[C@@](C)(NC(=O)c1cccc(C(=O)O)c1)c1nc(C)cs1. The average molecular weight is 318 g/mol. The van der Waals surface area contributed by atoms with Crippen LogP contribution in [0.15, 0.2) is 29.6 Å². The zero-order valence-corrected chi connectivity index (χ0v) is 13.5. The van der Waals surface area contributed by atoms with Gasteiger partial charge in [-0.25, -0.2) is 9.78 Å². The number of carbonyl (C=O) groups is 2. The minimum absolute atomic E-state index is 0.0935. The number of nitrogens with zero attached hydrogens (tertiary/aromatic N) is 1. The molecular weight excluding hydrogens is 300 g/mol. The van der Waals surface area contributed by atoms with Crippen LogP contribution in [0, 0.1) is 6.92 Å². The van der Waals surface area contributed by atoms with Gasteiger partial charge < -0.3 is 10.4 Å². The quantitative estimate of drug-likeness (QED) is 0.887. The molecule has 0 unspecified atom stereocenters. The van der Waals surface area contributed by atoms with Crippen LogP contribution < -0.4 is 5.32 Å². The van der Waals surface area contributed by atoms with E-state index in [1.54, 1.807) is 12.1 Å². The molecule has 0 radical (unpaired) electrons.